The number of halogens is 1. The zero-order valence-corrected chi connectivity index (χ0v) is 12.3. The maximum Gasteiger partial charge on any atom is 0.0500 e. The third kappa shape index (κ3) is 3.37. The molecule has 0 aliphatic rings. The first-order chi connectivity index (χ1) is 8.16. The molecule has 2 rings (SSSR count). The normalized spacial score (nSPS) is 11.1. The van der Waals surface area contributed by atoms with E-state index in [1.54, 1.807) is 11.3 Å². The summed E-state index contributed by atoms with van der Waals surface area (Å²) >= 11 is 5.29. The van der Waals surface area contributed by atoms with E-state index in [0.717, 1.165) is 11.0 Å². The first-order valence-corrected chi connectivity index (χ1v) is 7.25. The Labute approximate surface area is 114 Å². The third-order valence-corrected chi connectivity index (χ3v) is 4.28. The maximum atomic E-state index is 4.31. The van der Waals surface area contributed by atoms with Crippen LogP contribution in [0.4, 0.5) is 0 Å². The van der Waals surface area contributed by atoms with E-state index in [-0.39, 0.29) is 0 Å². The second kappa shape index (κ2) is 5.76. The summed E-state index contributed by atoms with van der Waals surface area (Å²) < 4.78 is 1.14. The molecule has 2 heterocycles. The van der Waals surface area contributed by atoms with Crippen molar-refractivity contribution in [3.05, 3.63) is 39.9 Å². The van der Waals surface area contributed by atoms with Gasteiger partial charge in [-0.15, -0.1) is 11.3 Å². The van der Waals surface area contributed by atoms with Crippen LogP contribution in [-0.4, -0.2) is 11.0 Å². The van der Waals surface area contributed by atoms with E-state index in [4.69, 9.17) is 0 Å². The average Bonchev–Trinajstić information content (AvgIpc) is 2.73. The van der Waals surface area contributed by atoms with Gasteiger partial charge in [-0.2, -0.15) is 0 Å². The van der Waals surface area contributed by atoms with Gasteiger partial charge in [0.1, 0.15) is 0 Å². The van der Waals surface area contributed by atoms with Crippen LogP contribution in [0.3, 0.4) is 0 Å². The predicted octanol–water partition coefficient (Wildman–Crippen LogP) is 4.07. The topological polar surface area (TPSA) is 24.9 Å². The summed E-state index contributed by atoms with van der Waals surface area (Å²) in [6, 6.07) is 4.75. The quantitative estimate of drug-likeness (QED) is 0.920. The second-order valence-corrected chi connectivity index (χ2v) is 5.99. The Balaban J connectivity index is 2.20. The summed E-state index contributed by atoms with van der Waals surface area (Å²) in [6.07, 6.45) is 3.83. The third-order valence-electron chi connectivity index (χ3n) is 2.39. The van der Waals surface area contributed by atoms with Crippen LogP contribution in [0.1, 0.15) is 19.4 Å². The van der Waals surface area contributed by atoms with E-state index >= 15 is 0 Å². The largest absolute Gasteiger partial charge is 0.310 e. The first-order valence-electron chi connectivity index (χ1n) is 5.57. The van der Waals surface area contributed by atoms with Gasteiger partial charge < -0.3 is 5.32 Å². The lowest BCUT2D eigenvalue weighted by atomic mass is 10.2. The molecule has 0 radical (unpaired) electrons. The molecule has 4 heteroatoms. The van der Waals surface area contributed by atoms with Crippen LogP contribution >= 0.6 is 27.3 Å². The van der Waals surface area contributed by atoms with Crippen LogP contribution in [0.2, 0.25) is 0 Å². The number of nitrogens with one attached hydrogen (secondary N) is 1. The number of thiophene rings is 1. The van der Waals surface area contributed by atoms with Gasteiger partial charge in [-0.3, -0.25) is 4.98 Å². The Hall–Kier alpha value is -0.710. The molecule has 0 spiro atoms. The molecule has 0 unspecified atom stereocenters. The Morgan fingerprint density at radius 3 is 2.88 bits per heavy atom. The minimum Gasteiger partial charge on any atom is -0.310 e. The van der Waals surface area contributed by atoms with Crippen molar-refractivity contribution in [1.29, 1.82) is 0 Å². The Morgan fingerprint density at radius 2 is 2.24 bits per heavy atom. The predicted molar refractivity (Wildman–Crippen MR) is 77.2 cm³/mol. The highest BCUT2D eigenvalue weighted by Gasteiger charge is 2.06. The van der Waals surface area contributed by atoms with Crippen LogP contribution in [0.15, 0.2) is 34.4 Å². The Kier molecular flexibility index (Phi) is 4.31. The molecule has 0 atom stereocenters. The lowest BCUT2D eigenvalue weighted by Crippen LogP contribution is -2.21. The summed E-state index contributed by atoms with van der Waals surface area (Å²) in [7, 11) is 0. The van der Waals surface area contributed by atoms with E-state index in [9.17, 15) is 0 Å². The van der Waals surface area contributed by atoms with Gasteiger partial charge in [-0.1, -0.05) is 13.8 Å². The van der Waals surface area contributed by atoms with Crippen molar-refractivity contribution in [2.75, 3.05) is 0 Å². The van der Waals surface area contributed by atoms with Crippen LogP contribution in [0.5, 0.6) is 0 Å². The van der Waals surface area contributed by atoms with Gasteiger partial charge >= 0.3 is 0 Å². The zero-order chi connectivity index (χ0) is 12.3. The molecule has 17 heavy (non-hydrogen) atoms. The van der Waals surface area contributed by atoms with Gasteiger partial charge in [0.2, 0.25) is 0 Å². The fourth-order valence-corrected chi connectivity index (χ4v) is 3.12. The highest BCUT2D eigenvalue weighted by molar-refractivity contribution is 9.10. The van der Waals surface area contributed by atoms with E-state index in [0.29, 0.717) is 6.04 Å². The van der Waals surface area contributed by atoms with E-state index in [1.807, 2.05) is 12.4 Å². The highest BCUT2D eigenvalue weighted by atomic mass is 79.9. The fraction of sp³-hybridized carbons (Fsp3) is 0.308. The molecular formula is C13H15BrN2S. The van der Waals surface area contributed by atoms with Crippen molar-refractivity contribution in [3.63, 3.8) is 0 Å². The zero-order valence-electron chi connectivity index (χ0n) is 9.90. The molecule has 1 N–H and O–H groups in total. The summed E-state index contributed by atoms with van der Waals surface area (Å²) in [4.78, 5) is 5.55. The van der Waals surface area contributed by atoms with Crippen molar-refractivity contribution in [3.8, 4) is 10.4 Å². The number of rotatable bonds is 4. The molecule has 0 aliphatic carbocycles. The van der Waals surface area contributed by atoms with Crippen molar-refractivity contribution in [1.82, 2.24) is 10.3 Å². The molecule has 0 fully saturated rings. The molecular weight excluding hydrogens is 296 g/mol. The van der Waals surface area contributed by atoms with Gasteiger partial charge in [-0.05, 0) is 39.0 Å². The molecule has 0 saturated heterocycles. The first kappa shape index (κ1) is 12.7. The standard InChI is InChI=1S/C13H15BrN2S/c1-9(2)16-7-10-5-11(8-15-6-10)13-12(14)3-4-17-13/h3-6,8-9,16H,7H2,1-2H3. The molecule has 0 amide bonds. The van der Waals surface area contributed by atoms with Gasteiger partial charge in [-0.25, -0.2) is 0 Å². The average molecular weight is 311 g/mol. The molecule has 0 aliphatic heterocycles. The van der Waals surface area contributed by atoms with E-state index < -0.39 is 0 Å². The molecule has 2 nitrogen and oxygen atoms in total. The Morgan fingerprint density at radius 1 is 1.41 bits per heavy atom. The highest BCUT2D eigenvalue weighted by Crippen LogP contribution is 2.33. The van der Waals surface area contributed by atoms with Gasteiger partial charge in [0.15, 0.2) is 0 Å². The lowest BCUT2D eigenvalue weighted by molar-refractivity contribution is 0.588. The number of nitrogens with zero attached hydrogens (tertiary/aromatic N) is 1. The number of hydrogen-bond acceptors (Lipinski definition) is 3. The van der Waals surface area contributed by atoms with Gasteiger partial charge in [0.05, 0.1) is 0 Å². The Bertz CT molecular complexity index is 494. The number of hydrogen-bond donors (Lipinski definition) is 1. The van der Waals surface area contributed by atoms with Crippen LogP contribution < -0.4 is 5.32 Å². The van der Waals surface area contributed by atoms with Crippen molar-refractivity contribution in [2.45, 2.75) is 26.4 Å². The van der Waals surface area contributed by atoms with Crippen molar-refractivity contribution in [2.24, 2.45) is 0 Å². The van der Waals surface area contributed by atoms with E-state index in [1.165, 1.54) is 16.0 Å². The minimum absolute atomic E-state index is 0.493. The molecule has 90 valence electrons. The summed E-state index contributed by atoms with van der Waals surface area (Å²) in [6.45, 7) is 5.15. The molecule has 0 saturated carbocycles. The molecule has 2 aromatic rings. The molecule has 0 aromatic carbocycles. The SMILES string of the molecule is CC(C)NCc1cncc(-c2sccc2Br)c1. The smallest absolute Gasteiger partial charge is 0.0500 e. The van der Waals surface area contributed by atoms with Gasteiger partial charge in [0.25, 0.3) is 0 Å². The van der Waals surface area contributed by atoms with Crippen LogP contribution in [-0.2, 0) is 6.54 Å². The monoisotopic (exact) mass is 310 g/mol. The summed E-state index contributed by atoms with van der Waals surface area (Å²) in [5, 5.41) is 5.48. The molecule has 0 bridgehead atoms. The number of aromatic nitrogens is 1. The fourth-order valence-electron chi connectivity index (χ4n) is 1.53. The number of pyridine rings is 1. The van der Waals surface area contributed by atoms with Crippen molar-refractivity contribution < 1.29 is 0 Å². The maximum absolute atomic E-state index is 4.31. The van der Waals surface area contributed by atoms with Crippen LogP contribution in [0.25, 0.3) is 10.4 Å². The minimum atomic E-state index is 0.493. The van der Waals surface area contributed by atoms with E-state index in [2.05, 4.69) is 57.6 Å². The second-order valence-electron chi connectivity index (χ2n) is 4.22. The summed E-state index contributed by atoms with van der Waals surface area (Å²) in [5.41, 5.74) is 2.39. The molecule has 2 aromatic heterocycles. The van der Waals surface area contributed by atoms with Crippen molar-refractivity contribution >= 4 is 27.3 Å². The van der Waals surface area contributed by atoms with Crippen LogP contribution in [0, 0.1) is 0 Å². The summed E-state index contributed by atoms with van der Waals surface area (Å²) in [5.74, 6) is 0. The lowest BCUT2D eigenvalue weighted by Gasteiger charge is -2.08. The van der Waals surface area contributed by atoms with Gasteiger partial charge in [0, 0.05) is 39.9 Å².